The van der Waals surface area contributed by atoms with Gasteiger partial charge in [0.2, 0.25) is 0 Å². The lowest BCUT2D eigenvalue weighted by atomic mass is 9.84. The molecular weight excluding hydrogens is 288 g/mol. The molecule has 18 heavy (non-hydrogen) atoms. The zero-order chi connectivity index (χ0) is 13.0. The van der Waals surface area contributed by atoms with Crippen LogP contribution in [0.5, 0.6) is 0 Å². The van der Waals surface area contributed by atoms with Crippen molar-refractivity contribution in [2.75, 3.05) is 5.32 Å². The monoisotopic (exact) mass is 306 g/mol. The van der Waals surface area contributed by atoms with Crippen molar-refractivity contribution in [3.8, 4) is 6.07 Å². The average molecular weight is 307 g/mol. The summed E-state index contributed by atoms with van der Waals surface area (Å²) in [6.45, 7) is 2.28. The Balaban J connectivity index is 1.98. The van der Waals surface area contributed by atoms with Gasteiger partial charge in [-0.1, -0.05) is 29.3 Å². The second kappa shape index (κ2) is 6.24. The van der Waals surface area contributed by atoms with Crippen molar-refractivity contribution in [1.82, 2.24) is 0 Å². The largest absolute Gasteiger partial charge is 0.382 e. The Morgan fingerprint density at radius 3 is 2.61 bits per heavy atom. The summed E-state index contributed by atoms with van der Waals surface area (Å²) >= 11 is 3.45. The van der Waals surface area contributed by atoms with Crippen LogP contribution < -0.4 is 5.32 Å². The van der Waals surface area contributed by atoms with E-state index >= 15 is 0 Å². The Morgan fingerprint density at radius 1 is 1.28 bits per heavy atom. The van der Waals surface area contributed by atoms with Crippen LogP contribution in [-0.2, 0) is 0 Å². The summed E-state index contributed by atoms with van der Waals surface area (Å²) in [6.07, 6.45) is 6.45. The van der Waals surface area contributed by atoms with Gasteiger partial charge in [0.15, 0.2) is 0 Å². The molecule has 0 heterocycles. The molecule has 2 nitrogen and oxygen atoms in total. The summed E-state index contributed by atoms with van der Waals surface area (Å²) in [6, 6.07) is 8.58. The number of nitrogens with one attached hydrogen (secondary N) is 1. The van der Waals surface area contributed by atoms with Gasteiger partial charge in [-0.05, 0) is 49.8 Å². The number of rotatable bonds is 3. The van der Waals surface area contributed by atoms with E-state index in [1.54, 1.807) is 0 Å². The molecule has 1 fully saturated rings. The first-order chi connectivity index (χ1) is 8.71. The standard InChI is InChI=1S/C15H19BrN2/c1-2-11-3-5-14(6-4-11)18-15-8-12(10-17)7-13(16)9-15/h7-9,11,14,18H,2-6H2,1H3. The fourth-order valence-corrected chi connectivity index (χ4v) is 3.18. The van der Waals surface area contributed by atoms with Gasteiger partial charge in [0.1, 0.15) is 0 Å². The van der Waals surface area contributed by atoms with Crippen molar-refractivity contribution in [3.05, 3.63) is 28.2 Å². The predicted octanol–water partition coefficient (Wildman–Crippen LogP) is 4.70. The van der Waals surface area contributed by atoms with Crippen LogP contribution in [0.4, 0.5) is 5.69 Å². The summed E-state index contributed by atoms with van der Waals surface area (Å²) in [4.78, 5) is 0. The molecule has 0 amide bonds. The Bertz CT molecular complexity index is 442. The molecule has 1 aliphatic carbocycles. The Kier molecular flexibility index (Phi) is 4.66. The van der Waals surface area contributed by atoms with Gasteiger partial charge in [-0.25, -0.2) is 0 Å². The minimum atomic E-state index is 0.564. The maximum Gasteiger partial charge on any atom is 0.0992 e. The van der Waals surface area contributed by atoms with Gasteiger partial charge < -0.3 is 5.32 Å². The van der Waals surface area contributed by atoms with E-state index in [1.807, 2.05) is 18.2 Å². The SMILES string of the molecule is CCC1CCC(Nc2cc(Br)cc(C#N)c2)CC1. The third-order valence-corrected chi connectivity index (χ3v) is 4.28. The average Bonchev–Trinajstić information content (AvgIpc) is 2.39. The minimum Gasteiger partial charge on any atom is -0.382 e. The highest BCUT2D eigenvalue weighted by Gasteiger charge is 2.19. The smallest absolute Gasteiger partial charge is 0.0992 e. The molecule has 96 valence electrons. The number of hydrogen-bond acceptors (Lipinski definition) is 2. The molecule has 0 aromatic heterocycles. The van der Waals surface area contributed by atoms with Crippen LogP contribution in [0, 0.1) is 17.2 Å². The van der Waals surface area contributed by atoms with Crippen molar-refractivity contribution in [3.63, 3.8) is 0 Å². The maximum absolute atomic E-state index is 8.96. The number of anilines is 1. The van der Waals surface area contributed by atoms with E-state index in [0.717, 1.165) is 16.1 Å². The Morgan fingerprint density at radius 2 is 2.00 bits per heavy atom. The van der Waals surface area contributed by atoms with Gasteiger partial charge in [-0.2, -0.15) is 5.26 Å². The number of benzene rings is 1. The summed E-state index contributed by atoms with van der Waals surface area (Å²) < 4.78 is 0.964. The predicted molar refractivity (Wildman–Crippen MR) is 78.5 cm³/mol. The van der Waals surface area contributed by atoms with E-state index in [9.17, 15) is 0 Å². The van der Waals surface area contributed by atoms with E-state index < -0.39 is 0 Å². The first kappa shape index (κ1) is 13.4. The molecule has 0 atom stereocenters. The number of halogens is 1. The molecule has 1 saturated carbocycles. The van der Waals surface area contributed by atoms with Gasteiger partial charge in [0.25, 0.3) is 0 Å². The molecule has 0 radical (unpaired) electrons. The van der Waals surface area contributed by atoms with Gasteiger partial charge in [0.05, 0.1) is 11.6 Å². The lowest BCUT2D eigenvalue weighted by molar-refractivity contribution is 0.330. The number of nitrogens with zero attached hydrogens (tertiary/aromatic N) is 1. The first-order valence-corrected chi connectivity index (χ1v) is 7.47. The summed E-state index contributed by atoms with van der Waals surface area (Å²) in [7, 11) is 0. The molecule has 0 saturated heterocycles. The molecular formula is C15H19BrN2. The van der Waals surface area contributed by atoms with E-state index in [4.69, 9.17) is 5.26 Å². The molecule has 1 aromatic rings. The van der Waals surface area contributed by atoms with Crippen LogP contribution in [0.3, 0.4) is 0 Å². The highest BCUT2D eigenvalue weighted by Crippen LogP contribution is 2.29. The van der Waals surface area contributed by atoms with E-state index in [1.165, 1.54) is 32.1 Å². The van der Waals surface area contributed by atoms with Crippen molar-refractivity contribution in [2.24, 2.45) is 5.92 Å². The van der Waals surface area contributed by atoms with Gasteiger partial charge in [0, 0.05) is 16.2 Å². The fraction of sp³-hybridized carbons (Fsp3) is 0.533. The molecule has 1 aromatic carbocycles. The van der Waals surface area contributed by atoms with Crippen LogP contribution in [0.25, 0.3) is 0 Å². The van der Waals surface area contributed by atoms with E-state index in [0.29, 0.717) is 11.6 Å². The topological polar surface area (TPSA) is 35.8 Å². The zero-order valence-electron chi connectivity index (χ0n) is 10.7. The quantitative estimate of drug-likeness (QED) is 0.878. The Hall–Kier alpha value is -1.01. The van der Waals surface area contributed by atoms with Crippen LogP contribution >= 0.6 is 15.9 Å². The highest BCUT2D eigenvalue weighted by atomic mass is 79.9. The van der Waals surface area contributed by atoms with Crippen LogP contribution in [0.15, 0.2) is 22.7 Å². The van der Waals surface area contributed by atoms with Crippen LogP contribution in [-0.4, -0.2) is 6.04 Å². The molecule has 0 spiro atoms. The molecule has 1 N–H and O–H groups in total. The van der Waals surface area contributed by atoms with Crippen LogP contribution in [0.1, 0.15) is 44.6 Å². The summed E-state index contributed by atoms with van der Waals surface area (Å²) in [5.41, 5.74) is 1.76. The van der Waals surface area contributed by atoms with E-state index in [-0.39, 0.29) is 0 Å². The van der Waals surface area contributed by atoms with Crippen molar-refractivity contribution in [1.29, 1.82) is 5.26 Å². The molecule has 2 rings (SSSR count). The van der Waals surface area contributed by atoms with Gasteiger partial charge in [-0.3, -0.25) is 0 Å². The van der Waals surface area contributed by atoms with Crippen LogP contribution in [0.2, 0.25) is 0 Å². The van der Waals surface area contributed by atoms with Gasteiger partial charge >= 0.3 is 0 Å². The second-order valence-electron chi connectivity index (χ2n) is 5.11. The lowest BCUT2D eigenvalue weighted by Gasteiger charge is -2.29. The lowest BCUT2D eigenvalue weighted by Crippen LogP contribution is -2.25. The van der Waals surface area contributed by atoms with Crippen molar-refractivity contribution >= 4 is 21.6 Å². The zero-order valence-corrected chi connectivity index (χ0v) is 12.3. The molecule has 1 aliphatic rings. The first-order valence-electron chi connectivity index (χ1n) is 6.68. The maximum atomic E-state index is 8.96. The summed E-state index contributed by atoms with van der Waals surface area (Å²) in [5, 5.41) is 12.5. The van der Waals surface area contributed by atoms with Gasteiger partial charge in [-0.15, -0.1) is 0 Å². The Labute approximate surface area is 118 Å². The number of nitriles is 1. The van der Waals surface area contributed by atoms with Crippen molar-refractivity contribution < 1.29 is 0 Å². The third kappa shape index (κ3) is 3.49. The number of hydrogen-bond donors (Lipinski definition) is 1. The normalized spacial score (nSPS) is 23.4. The molecule has 0 bridgehead atoms. The fourth-order valence-electron chi connectivity index (χ4n) is 2.69. The molecule has 3 heteroatoms. The molecule has 0 aliphatic heterocycles. The minimum absolute atomic E-state index is 0.564. The highest BCUT2D eigenvalue weighted by molar-refractivity contribution is 9.10. The van der Waals surface area contributed by atoms with Crippen molar-refractivity contribution in [2.45, 2.75) is 45.1 Å². The summed E-state index contributed by atoms with van der Waals surface area (Å²) in [5.74, 6) is 0.917. The van der Waals surface area contributed by atoms with E-state index in [2.05, 4.69) is 34.2 Å². The molecule has 0 unspecified atom stereocenters. The third-order valence-electron chi connectivity index (χ3n) is 3.82. The second-order valence-corrected chi connectivity index (χ2v) is 6.03.